The molecule has 0 amide bonds. The lowest BCUT2D eigenvalue weighted by Gasteiger charge is -2.20. The largest absolute Gasteiger partial charge is 0.313 e. The summed E-state index contributed by atoms with van der Waals surface area (Å²) in [4.78, 5) is 2.34. The van der Waals surface area contributed by atoms with Crippen molar-refractivity contribution in [1.29, 1.82) is 0 Å². The van der Waals surface area contributed by atoms with Crippen molar-refractivity contribution in [3.8, 4) is 0 Å². The van der Waals surface area contributed by atoms with Crippen molar-refractivity contribution in [2.45, 2.75) is 33.2 Å². The summed E-state index contributed by atoms with van der Waals surface area (Å²) in [5, 5.41) is 3.57. The summed E-state index contributed by atoms with van der Waals surface area (Å²) in [5.41, 5.74) is 2.77. The van der Waals surface area contributed by atoms with Crippen molar-refractivity contribution < 1.29 is 0 Å². The van der Waals surface area contributed by atoms with Crippen molar-refractivity contribution in [3.05, 3.63) is 35.4 Å². The van der Waals surface area contributed by atoms with Gasteiger partial charge in [-0.25, -0.2) is 0 Å². The lowest BCUT2D eigenvalue weighted by Crippen LogP contribution is -2.38. The predicted octanol–water partition coefficient (Wildman–Crippen LogP) is 2.47. The van der Waals surface area contributed by atoms with E-state index < -0.39 is 0 Å². The number of aryl methyl sites for hydroxylation is 1. The van der Waals surface area contributed by atoms with Gasteiger partial charge in [-0.1, -0.05) is 36.8 Å². The topological polar surface area (TPSA) is 15.3 Å². The second-order valence-corrected chi connectivity index (χ2v) is 4.95. The second-order valence-electron chi connectivity index (χ2n) is 4.95. The van der Waals surface area contributed by atoms with Crippen molar-refractivity contribution in [2.24, 2.45) is 0 Å². The highest BCUT2D eigenvalue weighted by Gasteiger charge is 2.03. The number of nitrogens with one attached hydrogen (secondary N) is 1. The number of rotatable bonds is 7. The van der Waals surface area contributed by atoms with Crippen LogP contribution in [0.2, 0.25) is 0 Å². The molecule has 0 fully saturated rings. The minimum atomic E-state index is 0.560. The van der Waals surface area contributed by atoms with Crippen LogP contribution in [0.4, 0.5) is 0 Å². The SMILES string of the molecule is CCN(C)CC(C)NCCc1cccc(C)c1. The summed E-state index contributed by atoms with van der Waals surface area (Å²) < 4.78 is 0. The van der Waals surface area contributed by atoms with E-state index in [9.17, 15) is 0 Å². The molecule has 0 bridgehead atoms. The van der Waals surface area contributed by atoms with Gasteiger partial charge in [-0.2, -0.15) is 0 Å². The summed E-state index contributed by atoms with van der Waals surface area (Å²) in [6.45, 7) is 9.88. The van der Waals surface area contributed by atoms with E-state index >= 15 is 0 Å². The molecule has 0 radical (unpaired) electrons. The van der Waals surface area contributed by atoms with E-state index in [-0.39, 0.29) is 0 Å². The number of nitrogens with zero attached hydrogens (tertiary/aromatic N) is 1. The molecule has 0 aromatic heterocycles. The van der Waals surface area contributed by atoms with Crippen molar-refractivity contribution in [2.75, 3.05) is 26.7 Å². The van der Waals surface area contributed by atoms with Crippen LogP contribution in [0.1, 0.15) is 25.0 Å². The lowest BCUT2D eigenvalue weighted by molar-refractivity contribution is 0.311. The Labute approximate surface area is 106 Å². The van der Waals surface area contributed by atoms with Crippen LogP contribution in [0.15, 0.2) is 24.3 Å². The molecule has 0 saturated carbocycles. The van der Waals surface area contributed by atoms with Gasteiger partial charge >= 0.3 is 0 Å². The molecule has 1 N–H and O–H groups in total. The zero-order chi connectivity index (χ0) is 12.7. The molecule has 1 rings (SSSR count). The van der Waals surface area contributed by atoms with Crippen LogP contribution in [-0.2, 0) is 6.42 Å². The summed E-state index contributed by atoms with van der Waals surface area (Å²) in [7, 11) is 2.17. The molecule has 0 saturated heterocycles. The Hall–Kier alpha value is -0.860. The third kappa shape index (κ3) is 5.85. The van der Waals surface area contributed by atoms with Crippen LogP contribution in [-0.4, -0.2) is 37.6 Å². The fraction of sp³-hybridized carbons (Fsp3) is 0.600. The predicted molar refractivity (Wildman–Crippen MR) is 75.5 cm³/mol. The molecule has 96 valence electrons. The van der Waals surface area contributed by atoms with Crippen molar-refractivity contribution in [3.63, 3.8) is 0 Å². The van der Waals surface area contributed by atoms with E-state index in [4.69, 9.17) is 0 Å². The van der Waals surface area contributed by atoms with E-state index in [0.717, 1.165) is 26.1 Å². The number of likely N-dealkylation sites (N-methyl/N-ethyl adjacent to an activating group) is 1. The van der Waals surface area contributed by atoms with Crippen LogP contribution < -0.4 is 5.32 Å². The van der Waals surface area contributed by atoms with Crippen LogP contribution in [0.3, 0.4) is 0 Å². The Morgan fingerprint density at radius 2 is 2.12 bits per heavy atom. The number of hydrogen-bond acceptors (Lipinski definition) is 2. The molecular formula is C15H26N2. The van der Waals surface area contributed by atoms with Crippen LogP contribution in [0.5, 0.6) is 0 Å². The van der Waals surface area contributed by atoms with Gasteiger partial charge in [0.1, 0.15) is 0 Å². The van der Waals surface area contributed by atoms with Crippen LogP contribution in [0, 0.1) is 6.92 Å². The normalized spacial score (nSPS) is 13.0. The van der Waals surface area contributed by atoms with Crippen LogP contribution in [0.25, 0.3) is 0 Å². The first kappa shape index (κ1) is 14.2. The maximum Gasteiger partial charge on any atom is 0.0166 e. The van der Waals surface area contributed by atoms with Gasteiger partial charge in [-0.15, -0.1) is 0 Å². The highest BCUT2D eigenvalue weighted by Crippen LogP contribution is 2.04. The van der Waals surface area contributed by atoms with Gasteiger partial charge in [0.15, 0.2) is 0 Å². The zero-order valence-electron chi connectivity index (χ0n) is 11.7. The minimum Gasteiger partial charge on any atom is -0.313 e. The van der Waals surface area contributed by atoms with E-state index in [0.29, 0.717) is 6.04 Å². The Morgan fingerprint density at radius 3 is 2.76 bits per heavy atom. The summed E-state index contributed by atoms with van der Waals surface area (Å²) in [5.74, 6) is 0. The monoisotopic (exact) mass is 234 g/mol. The molecule has 2 heteroatoms. The second kappa shape index (κ2) is 7.46. The van der Waals surface area contributed by atoms with E-state index in [1.807, 2.05) is 0 Å². The average molecular weight is 234 g/mol. The molecule has 0 heterocycles. The summed E-state index contributed by atoms with van der Waals surface area (Å²) >= 11 is 0. The van der Waals surface area contributed by atoms with E-state index in [2.05, 4.69) is 62.3 Å². The smallest absolute Gasteiger partial charge is 0.0166 e. The van der Waals surface area contributed by atoms with Gasteiger partial charge in [0.05, 0.1) is 0 Å². The van der Waals surface area contributed by atoms with Gasteiger partial charge < -0.3 is 10.2 Å². The highest BCUT2D eigenvalue weighted by molar-refractivity contribution is 5.22. The van der Waals surface area contributed by atoms with Crippen molar-refractivity contribution in [1.82, 2.24) is 10.2 Å². The molecule has 0 spiro atoms. The molecule has 0 aliphatic carbocycles. The van der Waals surface area contributed by atoms with E-state index in [1.165, 1.54) is 11.1 Å². The van der Waals surface area contributed by atoms with Crippen LogP contribution >= 0.6 is 0 Å². The maximum atomic E-state index is 3.57. The molecular weight excluding hydrogens is 208 g/mol. The average Bonchev–Trinajstić information content (AvgIpc) is 2.29. The third-order valence-corrected chi connectivity index (χ3v) is 3.11. The van der Waals surface area contributed by atoms with Gasteiger partial charge in [0.2, 0.25) is 0 Å². The Bertz CT molecular complexity index is 322. The first-order chi connectivity index (χ1) is 8.11. The van der Waals surface area contributed by atoms with Gasteiger partial charge in [-0.3, -0.25) is 0 Å². The molecule has 1 atom stereocenters. The number of benzene rings is 1. The summed E-state index contributed by atoms with van der Waals surface area (Å²) in [6.07, 6.45) is 1.11. The number of hydrogen-bond donors (Lipinski definition) is 1. The van der Waals surface area contributed by atoms with Gasteiger partial charge in [0.25, 0.3) is 0 Å². The molecule has 1 unspecified atom stereocenters. The molecule has 0 aliphatic heterocycles. The fourth-order valence-electron chi connectivity index (χ4n) is 1.99. The van der Waals surface area contributed by atoms with Gasteiger partial charge in [0, 0.05) is 12.6 Å². The van der Waals surface area contributed by atoms with Gasteiger partial charge in [-0.05, 0) is 46.0 Å². The molecule has 0 aliphatic rings. The van der Waals surface area contributed by atoms with Crippen molar-refractivity contribution >= 4 is 0 Å². The van der Waals surface area contributed by atoms with E-state index in [1.54, 1.807) is 0 Å². The maximum absolute atomic E-state index is 3.57. The fourth-order valence-corrected chi connectivity index (χ4v) is 1.99. The highest BCUT2D eigenvalue weighted by atomic mass is 15.1. The third-order valence-electron chi connectivity index (χ3n) is 3.11. The molecule has 1 aromatic carbocycles. The summed E-state index contributed by atoms with van der Waals surface area (Å²) in [6, 6.07) is 9.32. The molecule has 17 heavy (non-hydrogen) atoms. The Kier molecular flexibility index (Phi) is 6.23. The quantitative estimate of drug-likeness (QED) is 0.779. The lowest BCUT2D eigenvalue weighted by atomic mass is 10.1. The molecule has 2 nitrogen and oxygen atoms in total. The Balaban J connectivity index is 2.23. The molecule has 1 aromatic rings. The Morgan fingerprint density at radius 1 is 1.35 bits per heavy atom. The first-order valence-electron chi connectivity index (χ1n) is 6.59. The minimum absolute atomic E-state index is 0.560. The zero-order valence-corrected chi connectivity index (χ0v) is 11.7. The first-order valence-corrected chi connectivity index (χ1v) is 6.59. The standard InChI is InChI=1S/C15H26N2/c1-5-17(4)12-14(3)16-10-9-15-8-6-7-13(2)11-15/h6-8,11,14,16H,5,9-10,12H2,1-4H3.